The Kier molecular flexibility index (Phi) is 6.10. The van der Waals surface area contributed by atoms with Crippen molar-refractivity contribution in [2.45, 2.75) is 0 Å². The summed E-state index contributed by atoms with van der Waals surface area (Å²) in [5, 5.41) is 2.16. The van der Waals surface area contributed by atoms with Crippen LogP contribution in [0, 0.1) is 0 Å². The van der Waals surface area contributed by atoms with Crippen molar-refractivity contribution < 1.29 is 12.6 Å². The molecule has 0 unspecified atom stereocenters. The highest BCUT2D eigenvalue weighted by Gasteiger charge is 2.21. The van der Waals surface area contributed by atoms with Crippen LogP contribution in [0.2, 0.25) is 0 Å². The predicted molar refractivity (Wildman–Crippen MR) is 229 cm³/mol. The summed E-state index contributed by atoms with van der Waals surface area (Å²) in [4.78, 5) is 15.0. The summed E-state index contributed by atoms with van der Waals surface area (Å²) in [7, 11) is 0. The summed E-state index contributed by atoms with van der Waals surface area (Å²) in [5.74, 6) is 1.41. The van der Waals surface area contributed by atoms with Crippen molar-refractivity contribution >= 4 is 43.7 Å². The average Bonchev–Trinajstić information content (AvgIpc) is 3.88. The number of rotatable bonds is 6. The number of hydrogen-bond donors (Lipinski definition) is 0. The lowest BCUT2D eigenvalue weighted by Gasteiger charge is -2.16. The van der Waals surface area contributed by atoms with Crippen molar-refractivity contribution in [1.29, 1.82) is 0 Å². The highest BCUT2D eigenvalue weighted by Crippen LogP contribution is 2.43. The fraction of sp³-hybridized carbons (Fsp3) is 0. The van der Waals surface area contributed by atoms with Crippen LogP contribution in [0.4, 0.5) is 0 Å². The second-order valence-electron chi connectivity index (χ2n) is 13.5. The van der Waals surface area contributed by atoms with Gasteiger partial charge in [-0.05, 0) is 53.5 Å². The van der Waals surface area contributed by atoms with Gasteiger partial charge in [0.15, 0.2) is 17.5 Å². The van der Waals surface area contributed by atoms with Crippen LogP contribution in [0.3, 0.4) is 0 Å². The van der Waals surface area contributed by atoms with Gasteiger partial charge in [0.05, 0.1) is 24.9 Å². The van der Waals surface area contributed by atoms with Gasteiger partial charge in [0.2, 0.25) is 0 Å². The molecular weight excluding hydrogens is 685 g/mol. The van der Waals surface area contributed by atoms with E-state index in [0.29, 0.717) is 51.0 Å². The molecule has 5 heteroatoms. The Morgan fingerprint density at radius 3 is 1.61 bits per heavy atom. The van der Waals surface area contributed by atoms with E-state index in [4.69, 9.17) is 24.9 Å². The maximum absolute atomic E-state index is 9.24. The van der Waals surface area contributed by atoms with Crippen LogP contribution in [0.1, 0.15) is 8.22 Å². The Labute approximate surface area is 331 Å². The van der Waals surface area contributed by atoms with Gasteiger partial charge in [0, 0.05) is 49.4 Å². The first-order valence-corrected chi connectivity index (χ1v) is 18.3. The number of aromatic nitrogens is 4. The molecule has 11 aromatic rings. The van der Waals surface area contributed by atoms with Crippen LogP contribution in [-0.4, -0.2) is 19.5 Å². The van der Waals surface area contributed by atoms with E-state index in [-0.39, 0.29) is 58.1 Å². The summed E-state index contributed by atoms with van der Waals surface area (Å²) < 4.78 is 62.3. The second-order valence-corrected chi connectivity index (χ2v) is 13.5. The Balaban J connectivity index is 1.24. The Hall–Kier alpha value is -7.63. The monoisotopic (exact) mass is 722 g/mol. The topological polar surface area (TPSA) is 56.7 Å². The van der Waals surface area contributed by atoms with Crippen molar-refractivity contribution in [3.63, 3.8) is 0 Å². The lowest BCUT2D eigenvalue weighted by Crippen LogP contribution is -2.02. The van der Waals surface area contributed by atoms with Gasteiger partial charge in [-0.3, -0.25) is 0 Å². The standard InChI is InChI=1S/C51H32N4O/c1-4-15-33(16-5-1)36-27-29-40-41-23-14-24-42(48(41)56-47(40)32-36)43-31-37(28-30-46(43)55-44-25-12-10-21-38(44)39-22-11-13-26-45(39)55)51-53-49(34-17-6-2-7-18-34)52-50(54-51)35-19-8-3-9-20-35/h1-32H/i10D,11D,21D,22D,25D,26D. The minimum absolute atomic E-state index is 0.0505. The highest BCUT2D eigenvalue weighted by molar-refractivity contribution is 6.13. The maximum atomic E-state index is 9.24. The molecule has 0 fully saturated rings. The van der Waals surface area contributed by atoms with E-state index >= 15 is 0 Å². The van der Waals surface area contributed by atoms with E-state index in [1.54, 1.807) is 4.57 Å². The van der Waals surface area contributed by atoms with E-state index in [2.05, 4.69) is 24.3 Å². The maximum Gasteiger partial charge on any atom is 0.164 e. The molecule has 8 aromatic carbocycles. The predicted octanol–water partition coefficient (Wildman–Crippen LogP) is 13.2. The molecular formula is C51H32N4O. The first-order valence-electron chi connectivity index (χ1n) is 21.3. The zero-order valence-electron chi connectivity index (χ0n) is 35.7. The molecule has 0 saturated carbocycles. The van der Waals surface area contributed by atoms with Crippen LogP contribution in [0.15, 0.2) is 198 Å². The molecule has 0 radical (unpaired) electrons. The Bertz CT molecular complexity index is 3460. The quantitative estimate of drug-likeness (QED) is 0.171. The fourth-order valence-corrected chi connectivity index (χ4v) is 7.60. The molecule has 11 rings (SSSR count). The zero-order valence-corrected chi connectivity index (χ0v) is 29.7. The normalized spacial score (nSPS) is 13.1. The van der Waals surface area contributed by atoms with Crippen molar-refractivity contribution in [3.8, 4) is 62.1 Å². The molecule has 0 bridgehead atoms. The molecule has 0 aliphatic carbocycles. The number of fused-ring (bicyclic) bond motifs is 6. The molecule has 0 spiro atoms. The van der Waals surface area contributed by atoms with E-state index in [1.807, 2.05) is 121 Å². The number of hydrogen-bond acceptors (Lipinski definition) is 4. The summed E-state index contributed by atoms with van der Waals surface area (Å²) in [5.41, 5.74) is 8.06. The number of para-hydroxylation sites is 3. The number of nitrogens with zero attached hydrogens (tertiary/aromatic N) is 4. The summed E-state index contributed by atoms with van der Waals surface area (Å²) in [6.45, 7) is 0. The summed E-state index contributed by atoms with van der Waals surface area (Å²) in [6.07, 6.45) is 0. The first-order chi connectivity index (χ1) is 30.2. The van der Waals surface area contributed by atoms with E-state index < -0.39 is 0 Å². The van der Waals surface area contributed by atoms with E-state index in [9.17, 15) is 2.74 Å². The zero-order chi connectivity index (χ0) is 42.2. The van der Waals surface area contributed by atoms with Crippen molar-refractivity contribution in [2.75, 3.05) is 0 Å². The van der Waals surface area contributed by atoms with Crippen LogP contribution in [0.5, 0.6) is 0 Å². The molecule has 0 aliphatic heterocycles. The minimum atomic E-state index is -0.183. The molecule has 0 atom stereocenters. The Morgan fingerprint density at radius 2 is 0.982 bits per heavy atom. The lowest BCUT2D eigenvalue weighted by molar-refractivity contribution is 0.670. The fourth-order valence-electron chi connectivity index (χ4n) is 7.60. The van der Waals surface area contributed by atoms with E-state index in [0.717, 1.165) is 33.0 Å². The molecule has 0 amide bonds. The SMILES string of the molecule is [2H]c1cc([2H])c2c(c1[2H])c1c([2H])c([2H])cc([2H])c1n2-c1ccc(-c2nc(-c3ccccc3)nc(-c3ccccc3)n2)cc1-c1cccc2c1oc1cc(-c3ccccc3)ccc12. The molecule has 5 nitrogen and oxygen atoms in total. The lowest BCUT2D eigenvalue weighted by atomic mass is 9.97. The van der Waals surface area contributed by atoms with E-state index in [1.165, 1.54) is 12.1 Å². The van der Waals surface area contributed by atoms with Gasteiger partial charge >= 0.3 is 0 Å². The molecule has 0 saturated heterocycles. The second kappa shape index (κ2) is 13.0. The van der Waals surface area contributed by atoms with Gasteiger partial charge in [-0.15, -0.1) is 0 Å². The van der Waals surface area contributed by atoms with Gasteiger partial charge in [-0.1, -0.05) is 152 Å². The summed E-state index contributed by atoms with van der Waals surface area (Å²) in [6, 6.07) is 49.3. The van der Waals surface area contributed by atoms with Crippen LogP contribution in [-0.2, 0) is 0 Å². The molecule has 3 aromatic heterocycles. The molecule has 262 valence electrons. The van der Waals surface area contributed by atoms with Crippen LogP contribution in [0.25, 0.3) is 106 Å². The first kappa shape index (κ1) is 26.2. The van der Waals surface area contributed by atoms with Crippen molar-refractivity contribution in [1.82, 2.24) is 19.5 Å². The van der Waals surface area contributed by atoms with Crippen LogP contribution >= 0.6 is 0 Å². The number of furan rings is 1. The molecule has 0 aliphatic rings. The average molecular weight is 723 g/mol. The minimum Gasteiger partial charge on any atom is -0.455 e. The van der Waals surface area contributed by atoms with Crippen molar-refractivity contribution in [2.24, 2.45) is 0 Å². The van der Waals surface area contributed by atoms with Gasteiger partial charge in [0.25, 0.3) is 0 Å². The molecule has 56 heavy (non-hydrogen) atoms. The third kappa shape index (κ3) is 5.29. The molecule has 0 N–H and O–H groups in total. The Morgan fingerprint density at radius 1 is 0.411 bits per heavy atom. The molecule has 3 heterocycles. The summed E-state index contributed by atoms with van der Waals surface area (Å²) >= 11 is 0. The third-order valence-electron chi connectivity index (χ3n) is 10.2. The largest absolute Gasteiger partial charge is 0.455 e. The highest BCUT2D eigenvalue weighted by atomic mass is 16.3. The van der Waals surface area contributed by atoms with Crippen LogP contribution < -0.4 is 0 Å². The van der Waals surface area contributed by atoms with Gasteiger partial charge in [-0.2, -0.15) is 0 Å². The third-order valence-corrected chi connectivity index (χ3v) is 10.2. The van der Waals surface area contributed by atoms with Gasteiger partial charge < -0.3 is 8.98 Å². The van der Waals surface area contributed by atoms with Crippen molar-refractivity contribution in [3.05, 3.63) is 194 Å². The van der Waals surface area contributed by atoms with Gasteiger partial charge in [-0.25, -0.2) is 15.0 Å². The smallest absolute Gasteiger partial charge is 0.164 e. The number of benzene rings is 8. The van der Waals surface area contributed by atoms with Gasteiger partial charge in [0.1, 0.15) is 11.2 Å².